The zero-order valence-electron chi connectivity index (χ0n) is 12.2. The van der Waals surface area contributed by atoms with Crippen LogP contribution in [-0.2, 0) is 0 Å². The fraction of sp³-hybridized carbons (Fsp3) is 0.0625. The van der Waals surface area contributed by atoms with E-state index in [1.807, 2.05) is 0 Å². The molecule has 116 valence electrons. The summed E-state index contributed by atoms with van der Waals surface area (Å²) in [5, 5.41) is 20.9. The summed E-state index contributed by atoms with van der Waals surface area (Å²) in [6.07, 6.45) is 1.42. The van der Waals surface area contributed by atoms with Gasteiger partial charge < -0.3 is 15.4 Å². The van der Waals surface area contributed by atoms with E-state index in [1.165, 1.54) is 24.4 Å². The van der Waals surface area contributed by atoms with Crippen LogP contribution in [-0.4, -0.2) is 27.3 Å². The second kappa shape index (κ2) is 5.88. The van der Waals surface area contributed by atoms with E-state index in [9.17, 15) is 14.3 Å². The maximum absolute atomic E-state index is 14.4. The SMILES string of the molecule is CNc1ccc(-c2cc(F)c(-c3cc[nH]c(=O)c3)cc2O)nn1. The number of benzene rings is 1. The van der Waals surface area contributed by atoms with Crippen molar-refractivity contribution in [3.8, 4) is 28.1 Å². The van der Waals surface area contributed by atoms with Crippen LogP contribution >= 0.6 is 0 Å². The topological polar surface area (TPSA) is 90.9 Å². The number of H-pyrrole nitrogens is 1. The fourth-order valence-electron chi connectivity index (χ4n) is 2.21. The molecular weight excluding hydrogens is 299 g/mol. The van der Waals surface area contributed by atoms with Crippen molar-refractivity contribution in [2.24, 2.45) is 0 Å². The Hall–Kier alpha value is -3.22. The van der Waals surface area contributed by atoms with E-state index in [0.29, 0.717) is 17.1 Å². The van der Waals surface area contributed by atoms with Gasteiger partial charge in [-0.05, 0) is 35.9 Å². The fourth-order valence-corrected chi connectivity index (χ4v) is 2.21. The lowest BCUT2D eigenvalue weighted by Crippen LogP contribution is -2.02. The van der Waals surface area contributed by atoms with Crippen molar-refractivity contribution < 1.29 is 9.50 Å². The molecule has 3 rings (SSSR count). The minimum Gasteiger partial charge on any atom is -0.507 e. The lowest BCUT2D eigenvalue weighted by Gasteiger charge is -2.09. The highest BCUT2D eigenvalue weighted by molar-refractivity contribution is 5.74. The molecule has 0 radical (unpaired) electrons. The van der Waals surface area contributed by atoms with Crippen LogP contribution in [0.15, 0.2) is 47.4 Å². The number of aromatic amines is 1. The maximum atomic E-state index is 14.4. The molecule has 0 fully saturated rings. The van der Waals surface area contributed by atoms with Gasteiger partial charge in [-0.25, -0.2) is 4.39 Å². The largest absolute Gasteiger partial charge is 0.507 e. The number of hydrogen-bond acceptors (Lipinski definition) is 5. The van der Waals surface area contributed by atoms with Gasteiger partial charge in [-0.15, -0.1) is 10.2 Å². The number of aromatic hydroxyl groups is 1. The Labute approximate surface area is 130 Å². The summed E-state index contributed by atoms with van der Waals surface area (Å²) >= 11 is 0. The van der Waals surface area contributed by atoms with Crippen molar-refractivity contribution >= 4 is 5.82 Å². The van der Waals surface area contributed by atoms with E-state index in [1.54, 1.807) is 25.2 Å². The van der Waals surface area contributed by atoms with Crippen LogP contribution in [0.1, 0.15) is 0 Å². The number of hydrogen-bond donors (Lipinski definition) is 3. The zero-order valence-corrected chi connectivity index (χ0v) is 12.2. The molecule has 7 heteroatoms. The molecule has 2 heterocycles. The number of anilines is 1. The molecule has 23 heavy (non-hydrogen) atoms. The first kappa shape index (κ1) is 14.7. The third-order valence-corrected chi connectivity index (χ3v) is 3.37. The summed E-state index contributed by atoms with van der Waals surface area (Å²) in [4.78, 5) is 13.8. The molecule has 3 N–H and O–H groups in total. The lowest BCUT2D eigenvalue weighted by molar-refractivity contribution is 0.475. The monoisotopic (exact) mass is 312 g/mol. The van der Waals surface area contributed by atoms with Crippen LogP contribution in [0.3, 0.4) is 0 Å². The summed E-state index contributed by atoms with van der Waals surface area (Å²) < 4.78 is 14.4. The molecule has 0 unspecified atom stereocenters. The van der Waals surface area contributed by atoms with E-state index in [-0.39, 0.29) is 22.4 Å². The van der Waals surface area contributed by atoms with Crippen LogP contribution in [0.25, 0.3) is 22.4 Å². The summed E-state index contributed by atoms with van der Waals surface area (Å²) in [5.41, 5.74) is 0.741. The minimum atomic E-state index is -0.567. The molecule has 6 nitrogen and oxygen atoms in total. The first-order valence-electron chi connectivity index (χ1n) is 6.82. The average Bonchev–Trinajstić information content (AvgIpc) is 2.57. The summed E-state index contributed by atoms with van der Waals surface area (Å²) in [7, 11) is 1.71. The molecule has 2 aromatic heterocycles. The van der Waals surface area contributed by atoms with Gasteiger partial charge in [-0.3, -0.25) is 4.79 Å². The van der Waals surface area contributed by atoms with Gasteiger partial charge in [0.25, 0.3) is 0 Å². The Kier molecular flexibility index (Phi) is 3.76. The highest BCUT2D eigenvalue weighted by Crippen LogP contribution is 2.34. The zero-order chi connectivity index (χ0) is 16.4. The van der Waals surface area contributed by atoms with Gasteiger partial charge in [-0.1, -0.05) is 0 Å². The molecule has 0 saturated carbocycles. The standard InChI is InChI=1S/C16H13FN4O2/c1-18-15-3-2-13(20-21-15)11-7-12(17)10(8-14(11)22)9-4-5-19-16(23)6-9/h2-8,22H,1H3,(H,18,21)(H,19,23). The number of pyridine rings is 1. The average molecular weight is 312 g/mol. The highest BCUT2D eigenvalue weighted by Gasteiger charge is 2.14. The number of aromatic nitrogens is 3. The number of nitrogens with zero attached hydrogens (tertiary/aromatic N) is 2. The Morgan fingerprint density at radius 2 is 1.96 bits per heavy atom. The normalized spacial score (nSPS) is 10.5. The number of halogens is 1. The second-order valence-electron chi connectivity index (χ2n) is 4.84. The van der Waals surface area contributed by atoms with Gasteiger partial charge in [0.05, 0.1) is 5.69 Å². The van der Waals surface area contributed by atoms with Gasteiger partial charge in [0.1, 0.15) is 17.4 Å². The van der Waals surface area contributed by atoms with Crippen LogP contribution in [0.4, 0.5) is 10.2 Å². The van der Waals surface area contributed by atoms with Crippen molar-refractivity contribution in [2.45, 2.75) is 0 Å². The summed E-state index contributed by atoms with van der Waals surface area (Å²) in [5.74, 6) is -0.148. The van der Waals surface area contributed by atoms with E-state index in [2.05, 4.69) is 20.5 Å². The molecule has 0 spiro atoms. The van der Waals surface area contributed by atoms with E-state index >= 15 is 0 Å². The van der Waals surface area contributed by atoms with Crippen LogP contribution in [0.5, 0.6) is 5.75 Å². The van der Waals surface area contributed by atoms with Gasteiger partial charge in [0.15, 0.2) is 0 Å². The molecule has 3 aromatic rings. The smallest absolute Gasteiger partial charge is 0.248 e. The molecule has 0 aliphatic heterocycles. The second-order valence-corrected chi connectivity index (χ2v) is 4.84. The number of rotatable bonds is 3. The van der Waals surface area contributed by atoms with Gasteiger partial charge >= 0.3 is 0 Å². The van der Waals surface area contributed by atoms with E-state index < -0.39 is 5.82 Å². The van der Waals surface area contributed by atoms with Gasteiger partial charge in [-0.2, -0.15) is 0 Å². The molecule has 0 aliphatic carbocycles. The Morgan fingerprint density at radius 1 is 1.13 bits per heavy atom. The van der Waals surface area contributed by atoms with Crippen LogP contribution < -0.4 is 10.9 Å². The highest BCUT2D eigenvalue weighted by atomic mass is 19.1. The molecule has 0 atom stereocenters. The van der Waals surface area contributed by atoms with Crippen LogP contribution in [0, 0.1) is 5.82 Å². The predicted molar refractivity (Wildman–Crippen MR) is 84.7 cm³/mol. The van der Waals surface area contributed by atoms with Crippen molar-refractivity contribution in [3.05, 3.63) is 58.8 Å². The molecule has 0 amide bonds. The lowest BCUT2D eigenvalue weighted by atomic mass is 10.0. The predicted octanol–water partition coefficient (Wildman–Crippen LogP) is 2.39. The van der Waals surface area contributed by atoms with Crippen molar-refractivity contribution in [1.82, 2.24) is 15.2 Å². The maximum Gasteiger partial charge on any atom is 0.248 e. The van der Waals surface area contributed by atoms with Crippen molar-refractivity contribution in [3.63, 3.8) is 0 Å². The quantitative estimate of drug-likeness (QED) is 0.691. The van der Waals surface area contributed by atoms with E-state index in [0.717, 1.165) is 0 Å². The third-order valence-electron chi connectivity index (χ3n) is 3.37. The Bertz CT molecular complexity index is 907. The van der Waals surface area contributed by atoms with Gasteiger partial charge in [0.2, 0.25) is 5.56 Å². The van der Waals surface area contributed by atoms with Crippen LogP contribution in [0.2, 0.25) is 0 Å². The number of phenolic OH excluding ortho intramolecular Hbond substituents is 1. The van der Waals surface area contributed by atoms with E-state index in [4.69, 9.17) is 0 Å². The molecule has 1 aromatic carbocycles. The van der Waals surface area contributed by atoms with Gasteiger partial charge in [0, 0.05) is 30.4 Å². The molecule has 0 aliphatic rings. The molecule has 0 saturated heterocycles. The van der Waals surface area contributed by atoms with Crippen molar-refractivity contribution in [2.75, 3.05) is 12.4 Å². The first-order chi connectivity index (χ1) is 11.1. The minimum absolute atomic E-state index is 0.136. The summed E-state index contributed by atoms with van der Waals surface area (Å²) in [6.45, 7) is 0. The third kappa shape index (κ3) is 2.89. The number of nitrogens with one attached hydrogen (secondary N) is 2. The Morgan fingerprint density at radius 3 is 2.61 bits per heavy atom. The number of phenols is 1. The molecule has 0 bridgehead atoms. The molecular formula is C16H13FN4O2. The Balaban J connectivity index is 2.08. The van der Waals surface area contributed by atoms with Crippen molar-refractivity contribution in [1.29, 1.82) is 0 Å². The summed E-state index contributed by atoms with van der Waals surface area (Å²) in [6, 6.07) is 8.56. The first-order valence-corrected chi connectivity index (χ1v) is 6.82.